The molecule has 1 saturated heterocycles. The summed E-state index contributed by atoms with van der Waals surface area (Å²) >= 11 is 0. The van der Waals surface area contributed by atoms with E-state index in [1.165, 1.54) is 0 Å². The Hall–Kier alpha value is -3.65. The summed E-state index contributed by atoms with van der Waals surface area (Å²) in [4.78, 5) is 34.8. The van der Waals surface area contributed by atoms with Crippen LogP contribution in [0, 0.1) is 13.8 Å². The van der Waals surface area contributed by atoms with Gasteiger partial charge in [-0.25, -0.2) is 4.98 Å². The zero-order valence-electron chi connectivity index (χ0n) is 22.3. The maximum Gasteiger partial charge on any atom is 0.295 e. The summed E-state index contributed by atoms with van der Waals surface area (Å²) in [6.07, 6.45) is 5.01. The van der Waals surface area contributed by atoms with Gasteiger partial charge in [0.05, 0.1) is 23.9 Å². The van der Waals surface area contributed by atoms with Crippen LogP contribution in [0.4, 0.5) is 0 Å². The number of pyridine rings is 1. The van der Waals surface area contributed by atoms with E-state index in [1.807, 2.05) is 79.8 Å². The summed E-state index contributed by atoms with van der Waals surface area (Å²) in [6.45, 7) is 7.43. The van der Waals surface area contributed by atoms with E-state index >= 15 is 0 Å². The van der Waals surface area contributed by atoms with E-state index in [0.29, 0.717) is 48.0 Å². The molecule has 0 radical (unpaired) electrons. The minimum absolute atomic E-state index is 0.0519. The number of hydrogen-bond donors (Lipinski definition) is 1. The number of rotatable bonds is 10. The molecule has 2 aromatic heterocycles. The van der Waals surface area contributed by atoms with Crippen LogP contribution in [0.3, 0.4) is 0 Å². The van der Waals surface area contributed by atoms with Gasteiger partial charge in [-0.1, -0.05) is 38.0 Å². The molecular formula is C29H36N4O4. The number of amides is 1. The second-order valence-corrected chi connectivity index (χ2v) is 9.85. The van der Waals surface area contributed by atoms with Crippen molar-refractivity contribution in [1.82, 2.24) is 19.2 Å². The number of likely N-dealkylation sites (tertiary alicyclic amines) is 1. The molecule has 0 bridgehead atoms. The average molecular weight is 505 g/mol. The molecule has 3 heterocycles. The van der Waals surface area contributed by atoms with Crippen LogP contribution in [0.25, 0.3) is 11.4 Å². The third-order valence-corrected chi connectivity index (χ3v) is 6.83. The number of aliphatic hydroxyl groups excluding tert-OH is 1. The molecule has 1 N–H and O–H groups in total. The number of likely N-dealkylation sites (N-methyl/N-ethyl adjacent to an activating group) is 1. The van der Waals surface area contributed by atoms with Crippen molar-refractivity contribution in [2.24, 2.45) is 0 Å². The smallest absolute Gasteiger partial charge is 0.295 e. The molecule has 0 aliphatic carbocycles. The van der Waals surface area contributed by atoms with Gasteiger partial charge in [0, 0.05) is 19.3 Å². The van der Waals surface area contributed by atoms with Crippen LogP contribution >= 0.6 is 0 Å². The molecule has 196 valence electrons. The highest BCUT2D eigenvalue weighted by Gasteiger charge is 2.46. The predicted molar refractivity (Wildman–Crippen MR) is 144 cm³/mol. The average Bonchev–Trinajstić information content (AvgIpc) is 3.35. The molecule has 1 amide bonds. The van der Waals surface area contributed by atoms with E-state index in [4.69, 9.17) is 4.74 Å². The number of nitrogens with zero attached hydrogens (tertiary/aromatic N) is 4. The minimum Gasteiger partial charge on any atom is -0.505 e. The fourth-order valence-electron chi connectivity index (χ4n) is 4.76. The van der Waals surface area contributed by atoms with Gasteiger partial charge >= 0.3 is 0 Å². The topological polar surface area (TPSA) is 87.4 Å². The third kappa shape index (κ3) is 5.25. The van der Waals surface area contributed by atoms with Crippen LogP contribution in [-0.2, 0) is 9.59 Å². The minimum atomic E-state index is -0.746. The Morgan fingerprint density at radius 1 is 1.14 bits per heavy atom. The molecule has 1 aliphatic heterocycles. The van der Waals surface area contributed by atoms with Gasteiger partial charge in [0.1, 0.15) is 17.1 Å². The summed E-state index contributed by atoms with van der Waals surface area (Å²) in [7, 11) is 3.83. The Balaban J connectivity index is 1.82. The number of aliphatic hydroxyl groups is 1. The molecule has 3 aromatic rings. The molecule has 1 unspecified atom stereocenters. The lowest BCUT2D eigenvalue weighted by Crippen LogP contribution is -2.35. The summed E-state index contributed by atoms with van der Waals surface area (Å²) in [6, 6.07) is 10.6. The first kappa shape index (κ1) is 26.4. The van der Waals surface area contributed by atoms with Gasteiger partial charge in [0.15, 0.2) is 5.76 Å². The molecule has 0 spiro atoms. The van der Waals surface area contributed by atoms with Gasteiger partial charge in [0.25, 0.3) is 11.7 Å². The van der Waals surface area contributed by atoms with E-state index < -0.39 is 17.7 Å². The lowest BCUT2D eigenvalue weighted by Gasteiger charge is -2.26. The van der Waals surface area contributed by atoms with Crippen molar-refractivity contribution in [3.05, 3.63) is 70.7 Å². The maximum atomic E-state index is 13.4. The number of benzene rings is 1. The number of ketones is 1. The molecule has 37 heavy (non-hydrogen) atoms. The Bertz CT molecular complexity index is 1340. The van der Waals surface area contributed by atoms with Crippen molar-refractivity contribution in [2.45, 2.75) is 46.1 Å². The van der Waals surface area contributed by atoms with Gasteiger partial charge < -0.3 is 24.0 Å². The number of carbonyl (C=O) groups excluding carboxylic acids is 2. The molecule has 1 fully saturated rings. The number of imidazole rings is 1. The van der Waals surface area contributed by atoms with Crippen molar-refractivity contribution < 1.29 is 19.4 Å². The van der Waals surface area contributed by atoms with E-state index in [9.17, 15) is 14.7 Å². The summed E-state index contributed by atoms with van der Waals surface area (Å²) < 4.78 is 7.84. The molecule has 8 nitrogen and oxygen atoms in total. The highest BCUT2D eigenvalue weighted by atomic mass is 16.5. The summed E-state index contributed by atoms with van der Waals surface area (Å²) in [5, 5.41) is 11.5. The number of ether oxygens (including phenoxy) is 1. The Morgan fingerprint density at radius 3 is 2.62 bits per heavy atom. The van der Waals surface area contributed by atoms with Crippen LogP contribution < -0.4 is 4.74 Å². The van der Waals surface area contributed by atoms with Crippen molar-refractivity contribution in [1.29, 1.82) is 0 Å². The van der Waals surface area contributed by atoms with Crippen LogP contribution in [0.2, 0.25) is 0 Å². The van der Waals surface area contributed by atoms with Gasteiger partial charge in [0.2, 0.25) is 0 Å². The van der Waals surface area contributed by atoms with Crippen molar-refractivity contribution >= 4 is 23.1 Å². The predicted octanol–water partition coefficient (Wildman–Crippen LogP) is 4.50. The van der Waals surface area contributed by atoms with Crippen LogP contribution in [0.15, 0.2) is 48.2 Å². The van der Waals surface area contributed by atoms with Crippen LogP contribution in [0.1, 0.15) is 54.7 Å². The third-order valence-electron chi connectivity index (χ3n) is 6.83. The molecular weight excluding hydrogens is 468 g/mol. The largest absolute Gasteiger partial charge is 0.505 e. The molecule has 1 atom stereocenters. The Kier molecular flexibility index (Phi) is 7.97. The van der Waals surface area contributed by atoms with Gasteiger partial charge in [-0.2, -0.15) is 0 Å². The molecule has 1 aromatic carbocycles. The molecule has 1 aliphatic rings. The first-order valence-electron chi connectivity index (χ1n) is 12.8. The lowest BCUT2D eigenvalue weighted by atomic mass is 9.96. The standard InChI is InChI=1S/C29H36N4O4/c1-6-7-8-17-37-22-13-9-12-21(18-22)25-23(27(35)29(36)33(25)16-15-31(4)5)26(34)24-20(3)32-14-10-11-19(2)28(32)30-24/h9-14,18,25,34H,6-8,15-17H2,1-5H3. The second-order valence-electron chi connectivity index (χ2n) is 9.85. The molecule has 0 saturated carbocycles. The van der Waals surface area contributed by atoms with E-state index in [-0.39, 0.29) is 11.3 Å². The fourth-order valence-corrected chi connectivity index (χ4v) is 4.76. The van der Waals surface area contributed by atoms with Crippen molar-refractivity contribution in [3.8, 4) is 5.75 Å². The lowest BCUT2D eigenvalue weighted by molar-refractivity contribution is -0.140. The quantitative estimate of drug-likeness (QED) is 0.189. The Labute approximate surface area is 218 Å². The van der Waals surface area contributed by atoms with Crippen molar-refractivity contribution in [2.75, 3.05) is 33.8 Å². The Morgan fingerprint density at radius 2 is 1.92 bits per heavy atom. The van der Waals surface area contributed by atoms with Crippen LogP contribution in [-0.4, -0.2) is 69.8 Å². The summed E-state index contributed by atoms with van der Waals surface area (Å²) in [5.74, 6) is -0.916. The molecule has 4 rings (SSSR count). The van der Waals surface area contributed by atoms with E-state index in [0.717, 1.165) is 24.8 Å². The first-order chi connectivity index (χ1) is 17.7. The number of unbranched alkanes of at least 4 members (excludes halogenated alkanes) is 2. The monoisotopic (exact) mass is 504 g/mol. The number of aryl methyl sites for hydroxylation is 2. The van der Waals surface area contributed by atoms with E-state index in [2.05, 4.69) is 11.9 Å². The maximum absolute atomic E-state index is 13.4. The second kappa shape index (κ2) is 11.2. The molecule has 8 heteroatoms. The number of hydrogen-bond acceptors (Lipinski definition) is 6. The van der Waals surface area contributed by atoms with Gasteiger partial charge in [-0.3, -0.25) is 9.59 Å². The van der Waals surface area contributed by atoms with E-state index in [1.54, 1.807) is 4.90 Å². The SMILES string of the molecule is CCCCCOc1cccc(C2C(=C(O)c3nc4c(C)cccn4c3C)C(=O)C(=O)N2CCN(C)C)c1. The highest BCUT2D eigenvalue weighted by Crippen LogP contribution is 2.40. The number of Topliss-reactive ketones (excluding diaryl/α,β-unsaturated/α-hetero) is 1. The zero-order chi connectivity index (χ0) is 26.7. The van der Waals surface area contributed by atoms with Crippen molar-refractivity contribution in [3.63, 3.8) is 0 Å². The number of fused-ring (bicyclic) bond motifs is 1. The normalized spacial score (nSPS) is 17.4. The summed E-state index contributed by atoms with van der Waals surface area (Å²) in [5.41, 5.74) is 3.41. The van der Waals surface area contributed by atoms with Crippen LogP contribution in [0.5, 0.6) is 5.75 Å². The highest BCUT2D eigenvalue weighted by molar-refractivity contribution is 6.46. The van der Waals surface area contributed by atoms with Gasteiger partial charge in [-0.15, -0.1) is 0 Å². The van der Waals surface area contributed by atoms with Gasteiger partial charge in [-0.05, 0) is 63.7 Å². The first-order valence-corrected chi connectivity index (χ1v) is 12.8. The fraction of sp³-hybridized carbons (Fsp3) is 0.414. The zero-order valence-corrected chi connectivity index (χ0v) is 22.3. The number of carbonyl (C=O) groups is 2. The number of aromatic nitrogens is 2.